The maximum Gasteiger partial charge on any atom is 0.227 e. The third-order valence-corrected chi connectivity index (χ3v) is 1.75. The van der Waals surface area contributed by atoms with Crippen LogP contribution in [-0.4, -0.2) is 22.8 Å². The quantitative estimate of drug-likeness (QED) is 0.490. The molecule has 1 aliphatic rings. The first-order valence-electron chi connectivity index (χ1n) is 3.29. The van der Waals surface area contributed by atoms with Crippen molar-refractivity contribution < 1.29 is 0 Å². The number of rotatable bonds is 0. The molecular formula is C7H6BN3. The van der Waals surface area contributed by atoms with E-state index in [1.54, 1.807) is 11.0 Å². The topological polar surface area (TPSA) is 29.0 Å². The molecule has 0 saturated heterocycles. The Morgan fingerprint density at radius 2 is 2.45 bits per heavy atom. The molecule has 0 bridgehead atoms. The summed E-state index contributed by atoms with van der Waals surface area (Å²) >= 11 is 0. The van der Waals surface area contributed by atoms with Crippen molar-refractivity contribution in [2.45, 2.75) is 6.54 Å². The van der Waals surface area contributed by atoms with Crippen LogP contribution in [0.5, 0.6) is 0 Å². The van der Waals surface area contributed by atoms with Gasteiger partial charge >= 0.3 is 0 Å². The van der Waals surface area contributed by atoms with Crippen molar-refractivity contribution in [3.63, 3.8) is 0 Å². The highest BCUT2D eigenvalue weighted by molar-refractivity contribution is 6.10. The number of aromatic nitrogens is 2. The van der Waals surface area contributed by atoms with E-state index in [0.717, 1.165) is 17.0 Å². The first-order valence-corrected chi connectivity index (χ1v) is 3.29. The number of hydrogen-bond acceptors (Lipinski definition) is 3. The Balaban J connectivity index is 2.55. The molecule has 4 heteroatoms. The van der Waals surface area contributed by atoms with E-state index >= 15 is 0 Å². The summed E-state index contributed by atoms with van der Waals surface area (Å²) in [5.41, 5.74) is 2.67. The smallest absolute Gasteiger partial charge is 0.227 e. The second-order valence-corrected chi connectivity index (χ2v) is 2.47. The van der Waals surface area contributed by atoms with Gasteiger partial charge in [0.2, 0.25) is 7.98 Å². The van der Waals surface area contributed by atoms with E-state index in [4.69, 9.17) is 7.98 Å². The minimum atomic E-state index is 0.662. The summed E-state index contributed by atoms with van der Waals surface area (Å²) < 4.78 is 0. The molecule has 2 rings (SSSR count). The van der Waals surface area contributed by atoms with Gasteiger partial charge in [-0.05, 0) is 0 Å². The molecule has 2 heterocycles. The largest absolute Gasteiger partial charge is 0.420 e. The summed E-state index contributed by atoms with van der Waals surface area (Å²) in [6.45, 7) is 4.45. The first-order chi connectivity index (χ1) is 5.29. The van der Waals surface area contributed by atoms with Crippen LogP contribution in [0.1, 0.15) is 11.3 Å². The van der Waals surface area contributed by atoms with Gasteiger partial charge < -0.3 is 4.81 Å². The molecule has 0 unspecified atom stereocenters. The average molecular weight is 143 g/mol. The molecule has 1 aliphatic heterocycles. The second kappa shape index (κ2) is 2.08. The van der Waals surface area contributed by atoms with Crippen LogP contribution in [0.25, 0.3) is 5.70 Å². The molecule has 2 radical (unpaired) electrons. The third kappa shape index (κ3) is 0.825. The molecule has 3 nitrogen and oxygen atoms in total. The normalized spacial score (nSPS) is 15.3. The maximum atomic E-state index is 5.59. The highest BCUT2D eigenvalue weighted by Gasteiger charge is 2.19. The van der Waals surface area contributed by atoms with Crippen molar-refractivity contribution in [2.75, 3.05) is 0 Å². The lowest BCUT2D eigenvalue weighted by molar-refractivity contribution is 0.658. The van der Waals surface area contributed by atoms with Gasteiger partial charge in [0.1, 0.15) is 6.33 Å². The highest BCUT2D eigenvalue weighted by atomic mass is 15.1. The lowest BCUT2D eigenvalue weighted by Gasteiger charge is -2.09. The van der Waals surface area contributed by atoms with Crippen LogP contribution in [0, 0.1) is 0 Å². The Kier molecular flexibility index (Phi) is 1.21. The highest BCUT2D eigenvalue weighted by Crippen LogP contribution is 2.25. The minimum Gasteiger partial charge on any atom is -0.420 e. The number of hydrogen-bond donors (Lipinski definition) is 0. The summed E-state index contributed by atoms with van der Waals surface area (Å²) in [6, 6.07) is 0. The molecular weight excluding hydrogens is 137 g/mol. The molecule has 1 aromatic heterocycles. The van der Waals surface area contributed by atoms with Crippen molar-refractivity contribution in [3.8, 4) is 0 Å². The molecule has 0 amide bonds. The SMILES string of the molecule is [B]N1Cc2cncnc2C1=C. The van der Waals surface area contributed by atoms with E-state index in [0.29, 0.717) is 6.54 Å². The van der Waals surface area contributed by atoms with Crippen molar-refractivity contribution in [2.24, 2.45) is 0 Å². The fourth-order valence-electron chi connectivity index (χ4n) is 1.15. The van der Waals surface area contributed by atoms with Gasteiger partial charge in [0.15, 0.2) is 0 Å². The van der Waals surface area contributed by atoms with Gasteiger partial charge in [-0.25, -0.2) is 9.97 Å². The standard InChI is InChI=1S/C7H6BN3/c1-5-7-6(3-11(5)8)2-9-4-10-7/h2,4H,1,3H2. The fraction of sp³-hybridized carbons (Fsp3) is 0.143. The van der Waals surface area contributed by atoms with Crippen LogP contribution in [-0.2, 0) is 6.54 Å². The second-order valence-electron chi connectivity index (χ2n) is 2.47. The van der Waals surface area contributed by atoms with Gasteiger partial charge in [0.05, 0.1) is 5.69 Å². The van der Waals surface area contributed by atoms with Crippen molar-refractivity contribution >= 4 is 13.7 Å². The van der Waals surface area contributed by atoms with Gasteiger partial charge in [0, 0.05) is 24.0 Å². The molecule has 0 atom stereocenters. The summed E-state index contributed by atoms with van der Waals surface area (Å²) in [7, 11) is 5.59. The summed E-state index contributed by atoms with van der Waals surface area (Å²) in [5, 5.41) is 0. The number of fused-ring (bicyclic) bond motifs is 1. The lowest BCUT2D eigenvalue weighted by Crippen LogP contribution is -2.08. The predicted octanol–water partition coefficient (Wildman–Crippen LogP) is 0.346. The zero-order chi connectivity index (χ0) is 7.84. The summed E-state index contributed by atoms with van der Waals surface area (Å²) in [4.78, 5) is 9.52. The summed E-state index contributed by atoms with van der Waals surface area (Å²) in [6.07, 6.45) is 3.27. The molecule has 0 aliphatic carbocycles. The Morgan fingerprint density at radius 3 is 3.18 bits per heavy atom. The van der Waals surface area contributed by atoms with Crippen LogP contribution in [0.3, 0.4) is 0 Å². The van der Waals surface area contributed by atoms with Crippen molar-refractivity contribution in [1.29, 1.82) is 0 Å². The van der Waals surface area contributed by atoms with E-state index in [-0.39, 0.29) is 0 Å². The first kappa shape index (κ1) is 6.40. The van der Waals surface area contributed by atoms with Gasteiger partial charge in [-0.2, -0.15) is 0 Å². The fourth-order valence-corrected chi connectivity index (χ4v) is 1.15. The Labute approximate surface area is 66.2 Å². The minimum absolute atomic E-state index is 0.662. The zero-order valence-electron chi connectivity index (χ0n) is 5.99. The van der Waals surface area contributed by atoms with Gasteiger partial charge in [-0.15, -0.1) is 0 Å². The van der Waals surface area contributed by atoms with Crippen LogP contribution < -0.4 is 0 Å². The summed E-state index contributed by atoms with van der Waals surface area (Å²) in [5.74, 6) is 0. The molecule has 0 saturated carbocycles. The van der Waals surface area contributed by atoms with Crippen LogP contribution in [0.15, 0.2) is 19.1 Å². The van der Waals surface area contributed by atoms with Crippen LogP contribution in [0.2, 0.25) is 0 Å². The Bertz CT molecular complexity index is 310. The molecule has 11 heavy (non-hydrogen) atoms. The van der Waals surface area contributed by atoms with Crippen molar-refractivity contribution in [3.05, 3.63) is 30.4 Å². The zero-order valence-corrected chi connectivity index (χ0v) is 5.99. The van der Waals surface area contributed by atoms with Gasteiger partial charge in [0.25, 0.3) is 0 Å². The van der Waals surface area contributed by atoms with Crippen molar-refractivity contribution in [1.82, 2.24) is 14.8 Å². The van der Waals surface area contributed by atoms with E-state index in [2.05, 4.69) is 16.5 Å². The monoisotopic (exact) mass is 143 g/mol. The van der Waals surface area contributed by atoms with E-state index in [9.17, 15) is 0 Å². The maximum absolute atomic E-state index is 5.59. The molecule has 0 N–H and O–H groups in total. The number of nitrogens with zero attached hydrogens (tertiary/aromatic N) is 3. The molecule has 1 aromatic rings. The Hall–Kier alpha value is -1.32. The third-order valence-electron chi connectivity index (χ3n) is 1.75. The van der Waals surface area contributed by atoms with E-state index in [1.807, 2.05) is 0 Å². The van der Waals surface area contributed by atoms with Crippen LogP contribution >= 0.6 is 0 Å². The van der Waals surface area contributed by atoms with Gasteiger partial charge in [-0.1, -0.05) is 6.58 Å². The molecule has 0 aromatic carbocycles. The van der Waals surface area contributed by atoms with E-state index < -0.39 is 0 Å². The average Bonchev–Trinajstić information content (AvgIpc) is 2.30. The van der Waals surface area contributed by atoms with E-state index in [1.165, 1.54) is 6.33 Å². The van der Waals surface area contributed by atoms with Crippen LogP contribution in [0.4, 0.5) is 0 Å². The van der Waals surface area contributed by atoms with Gasteiger partial charge in [-0.3, -0.25) is 0 Å². The molecule has 52 valence electrons. The lowest BCUT2D eigenvalue weighted by atomic mass is 10.2. The molecule has 0 fully saturated rings. The predicted molar refractivity (Wildman–Crippen MR) is 42.4 cm³/mol. The molecule has 0 spiro atoms. The Morgan fingerprint density at radius 1 is 1.64 bits per heavy atom.